The highest BCUT2D eigenvalue weighted by Crippen LogP contribution is 2.27. The Morgan fingerprint density at radius 1 is 1.30 bits per heavy atom. The standard InChI is InChI=1S/C19H26N4O4/c1-4-12(2)10-21-11-16-22(19(27)14-5-6-15(24)20-9-14)8-7-17(25)23(16)13(3)18(21)26/h5-6,9,12-13,16H,4,7-8,10-11H2,1-3H3,(H,20,24). The molecule has 3 amide bonds. The van der Waals surface area contributed by atoms with Gasteiger partial charge in [-0.1, -0.05) is 20.3 Å². The fraction of sp³-hybridized carbons (Fsp3) is 0.579. The lowest BCUT2D eigenvalue weighted by Crippen LogP contribution is -2.70. The molecule has 0 radical (unpaired) electrons. The molecule has 2 fully saturated rings. The fourth-order valence-electron chi connectivity index (χ4n) is 3.76. The van der Waals surface area contributed by atoms with Crippen LogP contribution in [0.1, 0.15) is 44.0 Å². The highest BCUT2D eigenvalue weighted by molar-refractivity contribution is 5.96. The Labute approximate surface area is 158 Å². The van der Waals surface area contributed by atoms with Gasteiger partial charge in [0, 0.05) is 31.8 Å². The zero-order valence-electron chi connectivity index (χ0n) is 16.0. The van der Waals surface area contributed by atoms with Gasteiger partial charge in [-0.25, -0.2) is 0 Å². The third-order valence-corrected chi connectivity index (χ3v) is 5.53. The van der Waals surface area contributed by atoms with Gasteiger partial charge in [0.2, 0.25) is 17.4 Å². The molecule has 2 aliphatic heterocycles. The van der Waals surface area contributed by atoms with E-state index < -0.39 is 12.2 Å². The van der Waals surface area contributed by atoms with Gasteiger partial charge in [-0.2, -0.15) is 0 Å². The van der Waals surface area contributed by atoms with Crippen LogP contribution in [0.5, 0.6) is 0 Å². The molecule has 0 saturated carbocycles. The zero-order chi connectivity index (χ0) is 19.7. The van der Waals surface area contributed by atoms with Crippen molar-refractivity contribution >= 4 is 17.7 Å². The molecule has 0 aromatic carbocycles. The number of H-pyrrole nitrogens is 1. The summed E-state index contributed by atoms with van der Waals surface area (Å²) in [6, 6.07) is 2.20. The van der Waals surface area contributed by atoms with E-state index >= 15 is 0 Å². The Kier molecular flexibility index (Phi) is 5.34. The van der Waals surface area contributed by atoms with E-state index in [0.717, 1.165) is 6.42 Å². The number of aromatic nitrogens is 1. The van der Waals surface area contributed by atoms with Crippen molar-refractivity contribution in [3.63, 3.8) is 0 Å². The van der Waals surface area contributed by atoms with E-state index in [-0.39, 0.29) is 29.7 Å². The number of aromatic amines is 1. The van der Waals surface area contributed by atoms with Crippen LogP contribution in [-0.2, 0) is 9.59 Å². The molecule has 0 spiro atoms. The van der Waals surface area contributed by atoms with Crippen LogP contribution < -0.4 is 5.56 Å². The summed E-state index contributed by atoms with van der Waals surface area (Å²) in [7, 11) is 0. The lowest BCUT2D eigenvalue weighted by molar-refractivity contribution is -0.166. The molecule has 27 heavy (non-hydrogen) atoms. The van der Waals surface area contributed by atoms with Crippen molar-refractivity contribution < 1.29 is 14.4 Å². The number of piperazine rings is 1. The summed E-state index contributed by atoms with van der Waals surface area (Å²) in [6.45, 7) is 7.11. The minimum absolute atomic E-state index is 0.0711. The lowest BCUT2D eigenvalue weighted by atomic mass is 10.0. The number of carbonyl (C=O) groups excluding carboxylic acids is 3. The van der Waals surface area contributed by atoms with Crippen molar-refractivity contribution in [3.05, 3.63) is 34.2 Å². The average molecular weight is 374 g/mol. The minimum Gasteiger partial charge on any atom is -0.337 e. The predicted octanol–water partition coefficient (Wildman–Crippen LogP) is 0.652. The molecule has 1 N–H and O–H groups in total. The number of carbonyl (C=O) groups is 3. The molecule has 8 heteroatoms. The highest BCUT2D eigenvalue weighted by atomic mass is 16.2. The highest BCUT2D eigenvalue weighted by Gasteiger charge is 2.47. The van der Waals surface area contributed by atoms with Crippen LogP contribution in [0.3, 0.4) is 0 Å². The van der Waals surface area contributed by atoms with Crippen LogP contribution in [0.25, 0.3) is 0 Å². The lowest BCUT2D eigenvalue weighted by Gasteiger charge is -2.51. The number of fused-ring (bicyclic) bond motifs is 1. The van der Waals surface area contributed by atoms with Crippen molar-refractivity contribution in [2.45, 2.75) is 45.8 Å². The van der Waals surface area contributed by atoms with Crippen LogP contribution in [0.2, 0.25) is 0 Å². The maximum absolute atomic E-state index is 13.0. The third kappa shape index (κ3) is 3.61. The number of amides is 3. The largest absolute Gasteiger partial charge is 0.337 e. The van der Waals surface area contributed by atoms with E-state index in [2.05, 4.69) is 18.8 Å². The van der Waals surface area contributed by atoms with E-state index in [1.807, 2.05) is 0 Å². The molecule has 3 unspecified atom stereocenters. The molecule has 1 aromatic heterocycles. The van der Waals surface area contributed by atoms with Crippen LogP contribution in [0.15, 0.2) is 23.1 Å². The molecule has 3 atom stereocenters. The number of nitrogens with zero attached hydrogens (tertiary/aromatic N) is 3. The average Bonchev–Trinajstić information content (AvgIpc) is 2.65. The third-order valence-electron chi connectivity index (χ3n) is 5.53. The van der Waals surface area contributed by atoms with Crippen LogP contribution in [0, 0.1) is 5.92 Å². The van der Waals surface area contributed by atoms with Crippen LogP contribution in [0.4, 0.5) is 0 Å². The fourth-order valence-corrected chi connectivity index (χ4v) is 3.76. The van der Waals surface area contributed by atoms with Gasteiger partial charge in [0.25, 0.3) is 5.91 Å². The Morgan fingerprint density at radius 3 is 2.67 bits per heavy atom. The second-order valence-electron chi connectivity index (χ2n) is 7.40. The van der Waals surface area contributed by atoms with E-state index in [4.69, 9.17) is 0 Å². The molecular weight excluding hydrogens is 348 g/mol. The quantitative estimate of drug-likeness (QED) is 0.837. The van der Waals surface area contributed by atoms with Crippen molar-refractivity contribution in [1.82, 2.24) is 19.7 Å². The maximum atomic E-state index is 13.0. The summed E-state index contributed by atoms with van der Waals surface area (Å²) in [5, 5.41) is 0. The number of hydrogen-bond acceptors (Lipinski definition) is 4. The SMILES string of the molecule is CCC(C)CN1CC2N(C(=O)c3ccc(=O)[nH]c3)CCC(=O)N2C(C)C1=O. The van der Waals surface area contributed by atoms with Gasteiger partial charge in [-0.05, 0) is 18.9 Å². The molecular formula is C19H26N4O4. The first-order valence-electron chi connectivity index (χ1n) is 9.43. The molecule has 2 aliphatic rings. The second kappa shape index (κ2) is 7.54. The van der Waals surface area contributed by atoms with Gasteiger partial charge in [-0.15, -0.1) is 0 Å². The summed E-state index contributed by atoms with van der Waals surface area (Å²) in [6.07, 6.45) is 2.04. The van der Waals surface area contributed by atoms with E-state index in [1.54, 1.807) is 21.6 Å². The summed E-state index contributed by atoms with van der Waals surface area (Å²) < 4.78 is 0. The summed E-state index contributed by atoms with van der Waals surface area (Å²) in [4.78, 5) is 57.0. The van der Waals surface area contributed by atoms with Gasteiger partial charge in [0.1, 0.15) is 12.2 Å². The molecule has 3 rings (SSSR count). The minimum atomic E-state index is -0.591. The van der Waals surface area contributed by atoms with Gasteiger partial charge in [-0.3, -0.25) is 19.2 Å². The van der Waals surface area contributed by atoms with Crippen molar-refractivity contribution in [2.75, 3.05) is 19.6 Å². The first kappa shape index (κ1) is 19.1. The van der Waals surface area contributed by atoms with Gasteiger partial charge in [0.05, 0.1) is 12.1 Å². The zero-order valence-corrected chi connectivity index (χ0v) is 16.0. The van der Waals surface area contributed by atoms with E-state index in [1.165, 1.54) is 18.3 Å². The number of hydrogen-bond donors (Lipinski definition) is 1. The molecule has 1 aromatic rings. The van der Waals surface area contributed by atoms with Gasteiger partial charge in [0.15, 0.2) is 0 Å². The number of rotatable bonds is 4. The number of nitrogens with one attached hydrogen (secondary N) is 1. The molecule has 2 saturated heterocycles. The number of pyridine rings is 1. The smallest absolute Gasteiger partial charge is 0.257 e. The van der Waals surface area contributed by atoms with Gasteiger partial charge >= 0.3 is 0 Å². The maximum Gasteiger partial charge on any atom is 0.257 e. The molecule has 8 nitrogen and oxygen atoms in total. The predicted molar refractivity (Wildman–Crippen MR) is 98.8 cm³/mol. The topological polar surface area (TPSA) is 93.8 Å². The van der Waals surface area contributed by atoms with Crippen molar-refractivity contribution in [1.29, 1.82) is 0 Å². The Hall–Kier alpha value is -2.64. The molecule has 0 aliphatic carbocycles. The molecule has 3 heterocycles. The monoisotopic (exact) mass is 374 g/mol. The summed E-state index contributed by atoms with van der Waals surface area (Å²) >= 11 is 0. The molecule has 0 bridgehead atoms. The Bertz CT molecular complexity index is 785. The van der Waals surface area contributed by atoms with Crippen LogP contribution in [-0.4, -0.2) is 69.2 Å². The summed E-state index contributed by atoms with van der Waals surface area (Å²) in [5.74, 6) is -0.0815. The first-order chi connectivity index (χ1) is 12.8. The van der Waals surface area contributed by atoms with E-state index in [9.17, 15) is 19.2 Å². The van der Waals surface area contributed by atoms with E-state index in [0.29, 0.717) is 31.1 Å². The van der Waals surface area contributed by atoms with Crippen LogP contribution >= 0.6 is 0 Å². The summed E-state index contributed by atoms with van der Waals surface area (Å²) in [5.41, 5.74) is 0.0838. The van der Waals surface area contributed by atoms with Crippen molar-refractivity contribution in [3.8, 4) is 0 Å². The molecule has 146 valence electrons. The van der Waals surface area contributed by atoms with Gasteiger partial charge < -0.3 is 19.7 Å². The first-order valence-corrected chi connectivity index (χ1v) is 9.43. The Morgan fingerprint density at radius 2 is 2.04 bits per heavy atom. The normalized spacial score (nSPS) is 24.0. The Balaban J connectivity index is 1.89. The van der Waals surface area contributed by atoms with Crippen molar-refractivity contribution in [2.24, 2.45) is 5.92 Å². The second-order valence-corrected chi connectivity index (χ2v) is 7.40.